The second-order valence-electron chi connectivity index (χ2n) is 6.95. The average molecular weight is 341 g/mol. The van der Waals surface area contributed by atoms with Gasteiger partial charge in [-0.25, -0.2) is 0 Å². The number of aryl methyl sites for hydroxylation is 2. The van der Waals surface area contributed by atoms with Gasteiger partial charge in [0, 0.05) is 18.9 Å². The summed E-state index contributed by atoms with van der Waals surface area (Å²) in [5.74, 6) is 1.47. The van der Waals surface area contributed by atoms with E-state index in [2.05, 4.69) is 54.2 Å². The van der Waals surface area contributed by atoms with Crippen molar-refractivity contribution in [1.29, 1.82) is 0 Å². The number of nitrogens with zero attached hydrogens (tertiary/aromatic N) is 5. The first-order chi connectivity index (χ1) is 11.6. The molecule has 0 radical (unpaired) electrons. The van der Waals surface area contributed by atoms with Gasteiger partial charge in [-0.05, 0) is 57.0 Å². The lowest BCUT2D eigenvalue weighted by Gasteiger charge is -2.28. The number of aromatic nitrogens is 4. The number of hydrogen-bond donors (Lipinski definition) is 0. The summed E-state index contributed by atoms with van der Waals surface area (Å²) in [6.07, 6.45) is 3.25. The minimum atomic E-state index is 0.440. The molecule has 0 aliphatic carbocycles. The Kier molecular flexibility index (Phi) is 4.10. The lowest BCUT2D eigenvalue weighted by molar-refractivity contribution is 0.244. The van der Waals surface area contributed by atoms with Crippen LogP contribution in [0.15, 0.2) is 18.2 Å². The molecule has 1 saturated heterocycles. The molecule has 5 nitrogen and oxygen atoms in total. The van der Waals surface area contributed by atoms with Gasteiger partial charge in [-0.15, -0.1) is 10.2 Å². The number of likely N-dealkylation sites (tertiary alicyclic amines) is 1. The van der Waals surface area contributed by atoms with Crippen molar-refractivity contribution in [2.45, 2.75) is 39.0 Å². The van der Waals surface area contributed by atoms with Crippen LogP contribution in [0.2, 0.25) is 0 Å². The number of rotatable bonds is 3. The van der Waals surface area contributed by atoms with Crippen molar-refractivity contribution in [2.24, 2.45) is 0 Å². The van der Waals surface area contributed by atoms with Gasteiger partial charge in [0.2, 0.25) is 4.96 Å². The SMILES string of the molecule is Cc1ccc(Cc2nn3c(C4CCCN(C)C4)nnc3s2)cc1C. The van der Waals surface area contributed by atoms with Crippen LogP contribution in [0.1, 0.15) is 46.3 Å². The van der Waals surface area contributed by atoms with Gasteiger partial charge in [0.1, 0.15) is 5.01 Å². The molecule has 24 heavy (non-hydrogen) atoms. The van der Waals surface area contributed by atoms with Crippen LogP contribution >= 0.6 is 11.3 Å². The summed E-state index contributed by atoms with van der Waals surface area (Å²) < 4.78 is 1.98. The number of piperidine rings is 1. The highest BCUT2D eigenvalue weighted by Crippen LogP contribution is 2.27. The molecule has 3 aromatic rings. The summed E-state index contributed by atoms with van der Waals surface area (Å²) in [5.41, 5.74) is 3.98. The van der Waals surface area contributed by atoms with Crippen LogP contribution < -0.4 is 0 Å². The Morgan fingerprint density at radius 1 is 1.21 bits per heavy atom. The monoisotopic (exact) mass is 341 g/mol. The summed E-state index contributed by atoms with van der Waals surface area (Å²) >= 11 is 1.65. The van der Waals surface area contributed by atoms with Crippen molar-refractivity contribution in [3.8, 4) is 0 Å². The third kappa shape index (κ3) is 2.96. The first-order valence-electron chi connectivity index (χ1n) is 8.56. The summed E-state index contributed by atoms with van der Waals surface area (Å²) in [5, 5.41) is 14.7. The number of likely N-dealkylation sites (N-methyl/N-ethyl adjacent to an activating group) is 1. The number of fused-ring (bicyclic) bond motifs is 1. The zero-order chi connectivity index (χ0) is 16.7. The van der Waals surface area contributed by atoms with Crippen LogP contribution in [-0.2, 0) is 6.42 Å². The Bertz CT molecular complexity index is 866. The van der Waals surface area contributed by atoms with E-state index in [0.717, 1.165) is 28.8 Å². The maximum Gasteiger partial charge on any atom is 0.234 e. The van der Waals surface area contributed by atoms with Gasteiger partial charge in [0.25, 0.3) is 0 Å². The predicted molar refractivity (Wildman–Crippen MR) is 96.9 cm³/mol. The van der Waals surface area contributed by atoms with E-state index in [0.29, 0.717) is 5.92 Å². The maximum atomic E-state index is 4.81. The van der Waals surface area contributed by atoms with Gasteiger partial charge >= 0.3 is 0 Å². The van der Waals surface area contributed by atoms with Crippen LogP contribution in [0.5, 0.6) is 0 Å². The van der Waals surface area contributed by atoms with Crippen molar-refractivity contribution in [3.05, 3.63) is 45.7 Å². The quantitative estimate of drug-likeness (QED) is 0.734. The van der Waals surface area contributed by atoms with E-state index >= 15 is 0 Å². The molecule has 126 valence electrons. The predicted octanol–water partition coefficient (Wildman–Crippen LogP) is 3.20. The Hall–Kier alpha value is -1.79. The first kappa shape index (κ1) is 15.7. The molecule has 1 fully saturated rings. The molecule has 4 rings (SSSR count). The third-order valence-electron chi connectivity index (χ3n) is 4.97. The molecule has 0 amide bonds. The van der Waals surface area contributed by atoms with E-state index in [4.69, 9.17) is 5.10 Å². The van der Waals surface area contributed by atoms with Gasteiger partial charge in [0.05, 0.1) is 0 Å². The molecular formula is C18H23N5S. The zero-order valence-corrected chi connectivity index (χ0v) is 15.3. The molecule has 6 heteroatoms. The Labute approximate surface area is 146 Å². The second-order valence-corrected chi connectivity index (χ2v) is 7.99. The fraction of sp³-hybridized carbons (Fsp3) is 0.500. The minimum Gasteiger partial charge on any atom is -0.306 e. The third-order valence-corrected chi connectivity index (χ3v) is 5.87. The van der Waals surface area contributed by atoms with Crippen molar-refractivity contribution in [2.75, 3.05) is 20.1 Å². The molecular weight excluding hydrogens is 318 g/mol. The Morgan fingerprint density at radius 3 is 2.88 bits per heavy atom. The van der Waals surface area contributed by atoms with Crippen LogP contribution in [0.4, 0.5) is 0 Å². The normalized spacial score (nSPS) is 19.2. The van der Waals surface area contributed by atoms with Crippen LogP contribution in [0.25, 0.3) is 4.96 Å². The molecule has 1 aliphatic heterocycles. The van der Waals surface area contributed by atoms with Gasteiger partial charge < -0.3 is 4.90 Å². The average Bonchev–Trinajstić information content (AvgIpc) is 3.11. The highest BCUT2D eigenvalue weighted by Gasteiger charge is 2.25. The molecule has 0 spiro atoms. The number of hydrogen-bond acceptors (Lipinski definition) is 5. The Balaban J connectivity index is 1.60. The lowest BCUT2D eigenvalue weighted by atomic mass is 9.98. The molecule has 0 N–H and O–H groups in total. The largest absolute Gasteiger partial charge is 0.306 e. The van der Waals surface area contributed by atoms with Gasteiger partial charge in [-0.2, -0.15) is 9.61 Å². The van der Waals surface area contributed by atoms with E-state index in [1.165, 1.54) is 36.1 Å². The maximum absolute atomic E-state index is 4.81. The second kappa shape index (κ2) is 6.26. The minimum absolute atomic E-state index is 0.440. The lowest BCUT2D eigenvalue weighted by Crippen LogP contribution is -2.31. The first-order valence-corrected chi connectivity index (χ1v) is 9.37. The fourth-order valence-corrected chi connectivity index (χ4v) is 4.34. The fourth-order valence-electron chi connectivity index (χ4n) is 3.46. The Morgan fingerprint density at radius 2 is 2.08 bits per heavy atom. The molecule has 3 heterocycles. The van der Waals surface area contributed by atoms with E-state index in [-0.39, 0.29) is 0 Å². The smallest absolute Gasteiger partial charge is 0.234 e. The van der Waals surface area contributed by atoms with Crippen LogP contribution in [0.3, 0.4) is 0 Å². The summed E-state index contributed by atoms with van der Waals surface area (Å²) in [7, 11) is 2.18. The van der Waals surface area contributed by atoms with Gasteiger partial charge in [-0.3, -0.25) is 0 Å². The topological polar surface area (TPSA) is 46.3 Å². The summed E-state index contributed by atoms with van der Waals surface area (Å²) in [4.78, 5) is 3.29. The summed E-state index contributed by atoms with van der Waals surface area (Å²) in [6, 6.07) is 6.64. The highest BCUT2D eigenvalue weighted by atomic mass is 32.1. The summed E-state index contributed by atoms with van der Waals surface area (Å²) in [6.45, 7) is 6.53. The number of benzene rings is 1. The van der Waals surface area contributed by atoms with Crippen molar-refractivity contribution in [3.63, 3.8) is 0 Å². The van der Waals surface area contributed by atoms with E-state index in [9.17, 15) is 0 Å². The van der Waals surface area contributed by atoms with Gasteiger partial charge in [-0.1, -0.05) is 29.5 Å². The molecule has 1 aromatic carbocycles. The highest BCUT2D eigenvalue weighted by molar-refractivity contribution is 7.16. The molecule has 0 bridgehead atoms. The van der Waals surface area contributed by atoms with Gasteiger partial charge in [0.15, 0.2) is 5.82 Å². The molecule has 1 atom stereocenters. The van der Waals surface area contributed by atoms with Crippen molar-refractivity contribution >= 4 is 16.3 Å². The van der Waals surface area contributed by atoms with E-state index in [1.54, 1.807) is 11.3 Å². The molecule has 0 saturated carbocycles. The van der Waals surface area contributed by atoms with E-state index in [1.807, 2.05) is 4.52 Å². The van der Waals surface area contributed by atoms with Crippen LogP contribution in [-0.4, -0.2) is 44.8 Å². The van der Waals surface area contributed by atoms with Crippen LogP contribution in [0, 0.1) is 13.8 Å². The molecule has 1 unspecified atom stereocenters. The van der Waals surface area contributed by atoms with E-state index < -0.39 is 0 Å². The molecule has 2 aromatic heterocycles. The zero-order valence-electron chi connectivity index (χ0n) is 14.5. The van der Waals surface area contributed by atoms with Crippen molar-refractivity contribution in [1.82, 2.24) is 24.7 Å². The molecule has 1 aliphatic rings. The standard InChI is InChI=1S/C18H23N5S/c1-12-6-7-14(9-13(12)2)10-16-21-23-17(19-20-18(23)24-16)15-5-4-8-22(3)11-15/h6-7,9,15H,4-5,8,10-11H2,1-3H3. The van der Waals surface area contributed by atoms with Crippen molar-refractivity contribution < 1.29 is 0 Å².